The number of H-pyrrole nitrogens is 1. The Bertz CT molecular complexity index is 1190. The van der Waals surface area contributed by atoms with Gasteiger partial charge in [0.05, 0.1) is 12.8 Å². The molecule has 0 unspecified atom stereocenters. The van der Waals surface area contributed by atoms with Crippen LogP contribution in [0.4, 0.5) is 0 Å². The van der Waals surface area contributed by atoms with Crippen LogP contribution in [-0.4, -0.2) is 39.2 Å². The Kier molecular flexibility index (Phi) is 6.37. The smallest absolute Gasteiger partial charge is 0.220 e. The molecule has 0 radical (unpaired) electrons. The van der Waals surface area contributed by atoms with Crippen molar-refractivity contribution in [2.75, 3.05) is 7.11 Å². The molecular weight excluding hydrogens is 458 g/mol. The van der Waals surface area contributed by atoms with E-state index in [4.69, 9.17) is 21.3 Å². The van der Waals surface area contributed by atoms with Gasteiger partial charge in [0.15, 0.2) is 5.16 Å². The molecule has 9 heteroatoms. The van der Waals surface area contributed by atoms with Crippen LogP contribution in [0.25, 0.3) is 5.57 Å². The van der Waals surface area contributed by atoms with Crippen LogP contribution in [0.5, 0.6) is 5.88 Å². The molecule has 1 aliphatic carbocycles. The highest BCUT2D eigenvalue weighted by atomic mass is 35.5. The maximum Gasteiger partial charge on any atom is 0.220 e. The number of aromatic nitrogens is 4. The first-order valence-electron chi connectivity index (χ1n) is 10.9. The number of hydrogen-bond donors (Lipinski definition) is 2. The molecule has 7 nitrogen and oxygen atoms in total. The normalized spacial score (nSPS) is 18.4. The maximum absolute atomic E-state index is 11.8. The third kappa shape index (κ3) is 5.07. The number of amides is 1. The first-order valence-corrected chi connectivity index (χ1v) is 12.3. The van der Waals surface area contributed by atoms with Gasteiger partial charge < -0.3 is 10.1 Å². The number of hydrogen-bond acceptors (Lipinski definition) is 6. The van der Waals surface area contributed by atoms with E-state index >= 15 is 0 Å². The van der Waals surface area contributed by atoms with Crippen molar-refractivity contribution in [2.45, 2.75) is 48.6 Å². The molecule has 33 heavy (non-hydrogen) atoms. The molecule has 0 bridgehead atoms. The monoisotopic (exact) mass is 481 g/mol. The van der Waals surface area contributed by atoms with Gasteiger partial charge in [0, 0.05) is 34.4 Å². The summed E-state index contributed by atoms with van der Waals surface area (Å²) in [6.45, 7) is 0. The van der Waals surface area contributed by atoms with Crippen molar-refractivity contribution < 1.29 is 9.53 Å². The van der Waals surface area contributed by atoms with Gasteiger partial charge in [0.1, 0.15) is 6.33 Å². The van der Waals surface area contributed by atoms with E-state index in [9.17, 15) is 4.79 Å². The van der Waals surface area contributed by atoms with E-state index in [0.717, 1.165) is 39.5 Å². The number of pyridine rings is 1. The van der Waals surface area contributed by atoms with E-state index in [-0.39, 0.29) is 11.9 Å². The van der Waals surface area contributed by atoms with Gasteiger partial charge in [-0.2, -0.15) is 5.10 Å². The number of nitrogens with one attached hydrogen (secondary N) is 2. The minimum Gasteiger partial charge on any atom is -0.481 e. The molecule has 170 valence electrons. The summed E-state index contributed by atoms with van der Waals surface area (Å²) in [5.74, 6) is 1.96. The van der Waals surface area contributed by atoms with Crippen molar-refractivity contribution in [1.29, 1.82) is 0 Å². The molecule has 1 saturated heterocycles. The predicted molar refractivity (Wildman–Crippen MR) is 128 cm³/mol. The summed E-state index contributed by atoms with van der Waals surface area (Å²) in [7, 11) is 1.66. The van der Waals surface area contributed by atoms with Crippen LogP contribution >= 0.6 is 23.4 Å². The van der Waals surface area contributed by atoms with Gasteiger partial charge in [-0.05, 0) is 48.4 Å². The molecule has 5 rings (SSSR count). The zero-order valence-electron chi connectivity index (χ0n) is 18.2. The van der Waals surface area contributed by atoms with Gasteiger partial charge in [0.2, 0.25) is 11.8 Å². The van der Waals surface area contributed by atoms with Gasteiger partial charge in [-0.25, -0.2) is 9.97 Å². The Morgan fingerprint density at radius 1 is 1.27 bits per heavy atom. The molecule has 1 atom stereocenters. The maximum atomic E-state index is 11.8. The van der Waals surface area contributed by atoms with E-state index < -0.39 is 0 Å². The van der Waals surface area contributed by atoms with Crippen molar-refractivity contribution in [3.8, 4) is 5.88 Å². The van der Waals surface area contributed by atoms with Gasteiger partial charge in [-0.15, -0.1) is 0 Å². The standard InChI is InChI=1S/C24H24ClN5O2S/c1-32-23-18(14-2-3-14)7-8-21(29-23)19(11-17-6-9-22(31)28-17)15-4-5-16(20(25)10-15)12-33-24-26-13-27-30-24/h4-5,7-8,10-11,13-14,17H,2-3,6,9,12H2,1H3,(H,28,31)(H,26,27,30)/b19-11+/t17-/m1/s1. The Balaban J connectivity index is 1.47. The molecular formula is C24H24ClN5O2S. The van der Waals surface area contributed by atoms with Crippen LogP contribution in [0.15, 0.2) is 47.9 Å². The lowest BCUT2D eigenvalue weighted by Gasteiger charge is -2.15. The molecule has 2 aliphatic rings. The second kappa shape index (κ2) is 9.57. The number of rotatable bonds is 8. The number of aromatic amines is 1. The van der Waals surface area contributed by atoms with Crippen LogP contribution in [0, 0.1) is 0 Å². The van der Waals surface area contributed by atoms with Crippen LogP contribution in [0.1, 0.15) is 54.0 Å². The minimum atomic E-state index is -0.0381. The third-order valence-electron chi connectivity index (χ3n) is 5.89. The van der Waals surface area contributed by atoms with Gasteiger partial charge in [-0.1, -0.05) is 47.6 Å². The number of carbonyl (C=O) groups is 1. The van der Waals surface area contributed by atoms with Crippen molar-refractivity contribution >= 4 is 34.8 Å². The van der Waals surface area contributed by atoms with E-state index in [0.29, 0.717) is 29.0 Å². The number of thioether (sulfide) groups is 1. The lowest BCUT2D eigenvalue weighted by atomic mass is 9.97. The Morgan fingerprint density at radius 3 is 2.82 bits per heavy atom. The molecule has 0 spiro atoms. The second-order valence-electron chi connectivity index (χ2n) is 8.25. The molecule has 2 fully saturated rings. The summed E-state index contributed by atoms with van der Waals surface area (Å²) in [5, 5.41) is 11.2. The van der Waals surface area contributed by atoms with Gasteiger partial charge >= 0.3 is 0 Å². The van der Waals surface area contributed by atoms with Crippen molar-refractivity contribution in [3.63, 3.8) is 0 Å². The Hall–Kier alpha value is -2.84. The lowest BCUT2D eigenvalue weighted by Crippen LogP contribution is -2.23. The van der Waals surface area contributed by atoms with Crippen LogP contribution < -0.4 is 10.1 Å². The topological polar surface area (TPSA) is 92.8 Å². The van der Waals surface area contributed by atoms with Crippen LogP contribution in [0.3, 0.4) is 0 Å². The van der Waals surface area contributed by atoms with E-state index in [1.807, 2.05) is 24.3 Å². The number of halogens is 1. The molecule has 3 heterocycles. The predicted octanol–water partition coefficient (Wildman–Crippen LogP) is 4.74. The number of benzene rings is 1. The fourth-order valence-electron chi connectivity index (χ4n) is 4.00. The summed E-state index contributed by atoms with van der Waals surface area (Å²) in [4.78, 5) is 20.8. The fraction of sp³-hybridized carbons (Fsp3) is 0.333. The molecule has 2 N–H and O–H groups in total. The summed E-state index contributed by atoms with van der Waals surface area (Å²) in [6, 6.07) is 10.2. The first-order chi connectivity index (χ1) is 16.1. The largest absolute Gasteiger partial charge is 0.481 e. The summed E-state index contributed by atoms with van der Waals surface area (Å²) in [5.41, 5.74) is 4.84. The average Bonchev–Trinajstić information content (AvgIpc) is 3.37. The highest BCUT2D eigenvalue weighted by Gasteiger charge is 2.28. The molecule has 3 aromatic rings. The van der Waals surface area contributed by atoms with E-state index in [1.165, 1.54) is 19.2 Å². The minimum absolute atomic E-state index is 0.0381. The number of methoxy groups -OCH3 is 1. The second-order valence-corrected chi connectivity index (χ2v) is 9.62. The molecule has 1 aromatic carbocycles. The van der Waals surface area contributed by atoms with Gasteiger partial charge in [-0.3, -0.25) is 9.89 Å². The number of carbonyl (C=O) groups excluding carboxylic acids is 1. The lowest BCUT2D eigenvalue weighted by molar-refractivity contribution is -0.119. The summed E-state index contributed by atoms with van der Waals surface area (Å²) >= 11 is 8.21. The Labute approximate surface area is 201 Å². The van der Waals surface area contributed by atoms with E-state index in [1.54, 1.807) is 18.9 Å². The number of nitrogens with zero attached hydrogens (tertiary/aromatic N) is 3. The van der Waals surface area contributed by atoms with Crippen molar-refractivity contribution in [3.05, 3.63) is 70.1 Å². The van der Waals surface area contributed by atoms with Crippen molar-refractivity contribution in [2.24, 2.45) is 0 Å². The number of ether oxygens (including phenoxy) is 1. The molecule has 1 amide bonds. The average molecular weight is 482 g/mol. The summed E-state index contributed by atoms with van der Waals surface area (Å²) < 4.78 is 5.62. The fourth-order valence-corrected chi connectivity index (χ4v) is 5.11. The zero-order valence-corrected chi connectivity index (χ0v) is 19.7. The van der Waals surface area contributed by atoms with Gasteiger partial charge in [0.25, 0.3) is 0 Å². The third-order valence-corrected chi connectivity index (χ3v) is 7.17. The first kappa shape index (κ1) is 22.0. The quantitative estimate of drug-likeness (QED) is 0.451. The zero-order chi connectivity index (χ0) is 22.8. The molecule has 2 aromatic heterocycles. The summed E-state index contributed by atoms with van der Waals surface area (Å²) in [6.07, 6.45) is 7.22. The van der Waals surface area contributed by atoms with Crippen LogP contribution in [-0.2, 0) is 10.5 Å². The van der Waals surface area contributed by atoms with E-state index in [2.05, 4.69) is 32.6 Å². The van der Waals surface area contributed by atoms with Crippen molar-refractivity contribution in [1.82, 2.24) is 25.5 Å². The SMILES string of the molecule is COc1nc(/C(=C/[C@H]2CCC(=O)N2)c2ccc(CSc3ncn[nH]3)c(Cl)c2)ccc1C1CC1. The highest BCUT2D eigenvalue weighted by molar-refractivity contribution is 7.98. The molecule has 1 aliphatic heterocycles. The van der Waals surface area contributed by atoms with Crippen LogP contribution in [0.2, 0.25) is 5.02 Å². The Morgan fingerprint density at radius 2 is 2.15 bits per heavy atom. The highest BCUT2D eigenvalue weighted by Crippen LogP contribution is 2.44. The molecule has 1 saturated carbocycles.